The summed E-state index contributed by atoms with van der Waals surface area (Å²) in [5, 5.41) is 10.8. The maximum absolute atomic E-state index is 11.8. The molecule has 0 bridgehead atoms. The standard InChI is InChI=1S/C20H21ClN4O3S/c1-3-28-19(26)15-7-10-17(22-13-15)29-20-24-23-18(25(20)11-4-12-27-2)14-5-8-16(21)9-6-14/h5-10,13H,3-4,11-12H2,1-2H3. The van der Waals surface area contributed by atoms with Crippen LogP contribution in [0.2, 0.25) is 5.02 Å². The first kappa shape index (κ1) is 21.3. The van der Waals surface area contributed by atoms with Crippen molar-refractivity contribution in [1.29, 1.82) is 0 Å². The van der Waals surface area contributed by atoms with Crippen molar-refractivity contribution in [3.8, 4) is 11.4 Å². The van der Waals surface area contributed by atoms with Gasteiger partial charge in [0.05, 0.1) is 12.2 Å². The predicted molar refractivity (Wildman–Crippen MR) is 111 cm³/mol. The number of hydrogen-bond acceptors (Lipinski definition) is 7. The molecule has 0 radical (unpaired) electrons. The van der Waals surface area contributed by atoms with E-state index in [-0.39, 0.29) is 5.97 Å². The number of pyridine rings is 1. The molecule has 0 aliphatic heterocycles. The van der Waals surface area contributed by atoms with Crippen LogP contribution in [0.1, 0.15) is 23.7 Å². The molecule has 7 nitrogen and oxygen atoms in total. The van der Waals surface area contributed by atoms with Crippen molar-refractivity contribution in [1.82, 2.24) is 19.7 Å². The molecule has 1 aromatic carbocycles. The highest BCUT2D eigenvalue weighted by molar-refractivity contribution is 7.99. The molecule has 0 fully saturated rings. The number of rotatable bonds is 9. The number of carbonyl (C=O) groups is 1. The summed E-state index contributed by atoms with van der Waals surface area (Å²) in [6.45, 7) is 3.43. The number of nitrogens with zero attached hydrogens (tertiary/aromatic N) is 4. The van der Waals surface area contributed by atoms with Crippen LogP contribution in [0.4, 0.5) is 0 Å². The number of methoxy groups -OCH3 is 1. The second kappa shape index (κ2) is 10.4. The summed E-state index contributed by atoms with van der Waals surface area (Å²) in [7, 11) is 1.68. The number of carbonyl (C=O) groups excluding carboxylic acids is 1. The number of hydrogen-bond donors (Lipinski definition) is 0. The molecule has 0 atom stereocenters. The van der Waals surface area contributed by atoms with Crippen LogP contribution in [0.15, 0.2) is 52.8 Å². The highest BCUT2D eigenvalue weighted by Crippen LogP contribution is 2.29. The minimum atomic E-state index is -0.385. The fraction of sp³-hybridized carbons (Fsp3) is 0.300. The molecule has 29 heavy (non-hydrogen) atoms. The van der Waals surface area contributed by atoms with Gasteiger partial charge in [0.1, 0.15) is 5.03 Å². The van der Waals surface area contributed by atoms with Gasteiger partial charge < -0.3 is 14.0 Å². The first-order valence-corrected chi connectivity index (χ1v) is 10.3. The molecule has 0 saturated carbocycles. The monoisotopic (exact) mass is 432 g/mol. The van der Waals surface area contributed by atoms with E-state index in [1.54, 1.807) is 26.2 Å². The Bertz CT molecular complexity index is 945. The van der Waals surface area contributed by atoms with Crippen molar-refractivity contribution in [2.45, 2.75) is 30.1 Å². The number of aromatic nitrogens is 4. The van der Waals surface area contributed by atoms with Gasteiger partial charge in [-0.05, 0) is 61.5 Å². The zero-order chi connectivity index (χ0) is 20.6. The third-order valence-electron chi connectivity index (χ3n) is 3.99. The normalized spacial score (nSPS) is 10.9. The Balaban J connectivity index is 1.84. The Kier molecular flexibility index (Phi) is 7.62. The minimum absolute atomic E-state index is 0.327. The second-order valence-electron chi connectivity index (χ2n) is 6.02. The van der Waals surface area contributed by atoms with Crippen molar-refractivity contribution in [3.05, 3.63) is 53.2 Å². The number of halogens is 1. The highest BCUT2D eigenvalue weighted by atomic mass is 35.5. The van der Waals surface area contributed by atoms with Crippen LogP contribution in [0, 0.1) is 0 Å². The summed E-state index contributed by atoms with van der Waals surface area (Å²) < 4.78 is 12.2. The number of esters is 1. The maximum atomic E-state index is 11.8. The molecule has 3 rings (SSSR count). The topological polar surface area (TPSA) is 79.1 Å². The van der Waals surface area contributed by atoms with E-state index in [9.17, 15) is 4.79 Å². The van der Waals surface area contributed by atoms with Crippen molar-refractivity contribution in [2.24, 2.45) is 0 Å². The average molecular weight is 433 g/mol. The molecule has 0 aliphatic carbocycles. The van der Waals surface area contributed by atoms with E-state index in [1.807, 2.05) is 28.8 Å². The molecule has 0 amide bonds. The van der Waals surface area contributed by atoms with E-state index in [1.165, 1.54) is 18.0 Å². The summed E-state index contributed by atoms with van der Waals surface area (Å²) in [4.78, 5) is 16.1. The van der Waals surface area contributed by atoms with Crippen molar-refractivity contribution in [2.75, 3.05) is 20.3 Å². The summed E-state index contributed by atoms with van der Waals surface area (Å²) in [6, 6.07) is 11.0. The largest absolute Gasteiger partial charge is 0.462 e. The van der Waals surface area contributed by atoms with Gasteiger partial charge in [-0.15, -0.1) is 10.2 Å². The molecule has 2 heterocycles. The van der Waals surface area contributed by atoms with E-state index in [4.69, 9.17) is 21.1 Å². The van der Waals surface area contributed by atoms with Gasteiger partial charge in [0.2, 0.25) is 0 Å². The van der Waals surface area contributed by atoms with Gasteiger partial charge in [0.15, 0.2) is 11.0 Å². The maximum Gasteiger partial charge on any atom is 0.339 e. The molecule has 152 valence electrons. The third-order valence-corrected chi connectivity index (χ3v) is 5.18. The quantitative estimate of drug-likeness (QED) is 0.367. The summed E-state index contributed by atoms with van der Waals surface area (Å²) >= 11 is 7.39. The second-order valence-corrected chi connectivity index (χ2v) is 7.44. The van der Waals surface area contributed by atoms with Crippen molar-refractivity contribution < 1.29 is 14.3 Å². The average Bonchev–Trinajstić information content (AvgIpc) is 3.12. The molecule has 0 aliphatic rings. The Morgan fingerprint density at radius 1 is 1.17 bits per heavy atom. The minimum Gasteiger partial charge on any atom is -0.462 e. The van der Waals surface area contributed by atoms with E-state index >= 15 is 0 Å². The fourth-order valence-electron chi connectivity index (χ4n) is 2.61. The van der Waals surface area contributed by atoms with Gasteiger partial charge in [0.25, 0.3) is 0 Å². The number of benzene rings is 1. The Morgan fingerprint density at radius 3 is 2.62 bits per heavy atom. The highest BCUT2D eigenvalue weighted by Gasteiger charge is 2.16. The molecular formula is C20H21ClN4O3S. The van der Waals surface area contributed by atoms with E-state index in [2.05, 4.69) is 15.2 Å². The lowest BCUT2D eigenvalue weighted by Crippen LogP contribution is -2.06. The predicted octanol–water partition coefficient (Wildman–Crippen LogP) is 4.36. The Hall–Kier alpha value is -2.42. The lowest BCUT2D eigenvalue weighted by molar-refractivity contribution is 0.0525. The van der Waals surface area contributed by atoms with Crippen LogP contribution < -0.4 is 0 Å². The number of ether oxygens (including phenoxy) is 2. The van der Waals surface area contributed by atoms with E-state index < -0.39 is 0 Å². The van der Waals surface area contributed by atoms with Gasteiger partial charge >= 0.3 is 5.97 Å². The Morgan fingerprint density at radius 2 is 1.97 bits per heavy atom. The van der Waals surface area contributed by atoms with Crippen LogP contribution in [-0.2, 0) is 16.0 Å². The van der Waals surface area contributed by atoms with E-state index in [0.717, 1.165) is 17.8 Å². The molecule has 9 heteroatoms. The van der Waals surface area contributed by atoms with Gasteiger partial charge in [0, 0.05) is 37.0 Å². The zero-order valence-electron chi connectivity index (χ0n) is 16.2. The molecular weight excluding hydrogens is 412 g/mol. The molecule has 0 N–H and O–H groups in total. The van der Waals surface area contributed by atoms with Crippen LogP contribution in [0.5, 0.6) is 0 Å². The van der Waals surface area contributed by atoms with Crippen molar-refractivity contribution in [3.63, 3.8) is 0 Å². The Labute approximate surface area is 178 Å². The van der Waals surface area contributed by atoms with Gasteiger partial charge in [-0.2, -0.15) is 0 Å². The van der Waals surface area contributed by atoms with Crippen LogP contribution in [-0.4, -0.2) is 46.0 Å². The van der Waals surface area contributed by atoms with Crippen molar-refractivity contribution >= 4 is 29.3 Å². The lowest BCUT2D eigenvalue weighted by Gasteiger charge is -2.10. The summed E-state index contributed by atoms with van der Waals surface area (Å²) in [6.07, 6.45) is 2.32. The molecule has 0 spiro atoms. The third kappa shape index (κ3) is 5.56. The summed E-state index contributed by atoms with van der Waals surface area (Å²) in [5.41, 5.74) is 1.34. The first-order valence-electron chi connectivity index (χ1n) is 9.11. The van der Waals surface area contributed by atoms with E-state index in [0.29, 0.717) is 40.5 Å². The molecule has 0 unspecified atom stereocenters. The van der Waals surface area contributed by atoms with Gasteiger partial charge in [-0.25, -0.2) is 9.78 Å². The van der Waals surface area contributed by atoms with Gasteiger partial charge in [-0.1, -0.05) is 11.6 Å². The zero-order valence-corrected chi connectivity index (χ0v) is 17.7. The smallest absolute Gasteiger partial charge is 0.339 e. The fourth-order valence-corrected chi connectivity index (χ4v) is 3.54. The van der Waals surface area contributed by atoms with Crippen LogP contribution in [0.25, 0.3) is 11.4 Å². The SMILES string of the molecule is CCOC(=O)c1ccc(Sc2nnc(-c3ccc(Cl)cc3)n2CCCOC)nc1. The first-order chi connectivity index (χ1) is 14.1. The molecule has 2 aromatic heterocycles. The van der Waals surface area contributed by atoms with Crippen LogP contribution in [0.3, 0.4) is 0 Å². The molecule has 3 aromatic rings. The van der Waals surface area contributed by atoms with Crippen LogP contribution >= 0.6 is 23.4 Å². The van der Waals surface area contributed by atoms with Gasteiger partial charge in [-0.3, -0.25) is 0 Å². The summed E-state index contributed by atoms with van der Waals surface area (Å²) in [5.74, 6) is 0.368. The lowest BCUT2D eigenvalue weighted by atomic mass is 10.2. The molecule has 0 saturated heterocycles.